The van der Waals surface area contributed by atoms with Crippen molar-refractivity contribution in [2.45, 2.75) is 26.2 Å². The van der Waals surface area contributed by atoms with Gasteiger partial charge in [0.05, 0.1) is 11.4 Å². The molecule has 18 heavy (non-hydrogen) atoms. The molecule has 2 heterocycles. The first-order chi connectivity index (χ1) is 8.66. The summed E-state index contributed by atoms with van der Waals surface area (Å²) in [4.78, 5) is 8.56. The Bertz CT molecular complexity index is 520. The molecule has 0 aliphatic rings. The lowest BCUT2D eigenvalue weighted by atomic mass is 10.2. The Morgan fingerprint density at radius 3 is 1.78 bits per heavy atom. The second-order valence-corrected chi connectivity index (χ2v) is 5.93. The number of hydrogen-bond acceptors (Lipinski definition) is 3. The highest BCUT2D eigenvalue weighted by atomic mass is 31.1. The molecule has 0 spiro atoms. The van der Waals surface area contributed by atoms with Crippen molar-refractivity contribution in [3.63, 3.8) is 0 Å². The fourth-order valence-corrected chi connectivity index (χ4v) is 3.20. The van der Waals surface area contributed by atoms with Crippen LogP contribution >= 0.6 is 7.80 Å². The van der Waals surface area contributed by atoms with Gasteiger partial charge < -0.3 is 0 Å². The minimum absolute atomic E-state index is 0.526. The van der Waals surface area contributed by atoms with Gasteiger partial charge in [0.1, 0.15) is 0 Å². The third kappa shape index (κ3) is 3.21. The molecule has 92 valence electrons. The first-order valence-electron chi connectivity index (χ1n) is 5.90. The Morgan fingerprint density at radius 2 is 1.39 bits per heavy atom. The molecule has 0 aliphatic carbocycles. The Morgan fingerprint density at radius 1 is 0.944 bits per heavy atom. The zero-order valence-corrected chi connectivity index (χ0v) is 11.5. The Kier molecular flexibility index (Phi) is 4.16. The molecule has 0 N–H and O–H groups in total. The highest BCUT2D eigenvalue weighted by molar-refractivity contribution is 7.42. The van der Waals surface area contributed by atoms with E-state index < -0.39 is 7.80 Å². The molecular formula is C14H16N2OP+. The van der Waals surface area contributed by atoms with Gasteiger partial charge in [0.15, 0.2) is 12.3 Å². The van der Waals surface area contributed by atoms with Gasteiger partial charge in [0.2, 0.25) is 0 Å². The lowest BCUT2D eigenvalue weighted by Crippen LogP contribution is -1.94. The maximum absolute atomic E-state index is 12.2. The molecule has 4 heteroatoms. The highest BCUT2D eigenvalue weighted by Crippen LogP contribution is 2.31. The highest BCUT2D eigenvalue weighted by Gasteiger charge is 2.20. The van der Waals surface area contributed by atoms with Gasteiger partial charge in [-0.3, -0.25) is 9.97 Å². The van der Waals surface area contributed by atoms with Crippen LogP contribution in [0.25, 0.3) is 0 Å². The van der Waals surface area contributed by atoms with Crippen LogP contribution in [0.5, 0.6) is 0 Å². The van der Waals surface area contributed by atoms with Crippen LogP contribution in [0.2, 0.25) is 0 Å². The molecule has 0 radical (unpaired) electrons. The predicted octanol–water partition coefficient (Wildman–Crippen LogP) is 3.62. The van der Waals surface area contributed by atoms with Gasteiger partial charge in [-0.15, -0.1) is 0 Å². The van der Waals surface area contributed by atoms with E-state index >= 15 is 0 Å². The zero-order chi connectivity index (χ0) is 13.0. The number of rotatable bonds is 4. The van der Waals surface area contributed by atoms with Gasteiger partial charge >= 0.3 is 7.80 Å². The number of pyridine rings is 2. The minimum Gasteiger partial charge on any atom is -0.257 e. The third-order valence-electron chi connectivity index (χ3n) is 2.89. The largest absolute Gasteiger partial charge is 0.351 e. The molecule has 2 aromatic rings. The third-order valence-corrected chi connectivity index (χ3v) is 4.19. The summed E-state index contributed by atoms with van der Waals surface area (Å²) in [6.07, 6.45) is 4.55. The zero-order valence-electron chi connectivity index (χ0n) is 10.6. The maximum atomic E-state index is 12.2. The number of nitrogens with zero attached hydrogens (tertiary/aromatic N) is 2. The summed E-state index contributed by atoms with van der Waals surface area (Å²) in [5.41, 5.74) is 4.04. The van der Waals surface area contributed by atoms with Crippen molar-refractivity contribution >= 4 is 7.80 Å². The van der Waals surface area contributed by atoms with E-state index in [2.05, 4.69) is 9.97 Å². The number of hydrogen-bond donors (Lipinski definition) is 0. The summed E-state index contributed by atoms with van der Waals surface area (Å²) in [6.45, 7) is 4.00. The first kappa shape index (κ1) is 12.8. The molecule has 0 amide bonds. The van der Waals surface area contributed by atoms with Crippen molar-refractivity contribution in [2.24, 2.45) is 0 Å². The fraction of sp³-hybridized carbons (Fsp3) is 0.286. The summed E-state index contributed by atoms with van der Waals surface area (Å²) in [7, 11) is -1.34. The maximum Gasteiger partial charge on any atom is 0.351 e. The van der Waals surface area contributed by atoms with Crippen LogP contribution in [0.3, 0.4) is 0 Å². The molecule has 0 saturated heterocycles. The smallest absolute Gasteiger partial charge is 0.257 e. The van der Waals surface area contributed by atoms with Gasteiger partial charge in [-0.25, -0.2) is 0 Å². The average molecular weight is 259 g/mol. The van der Waals surface area contributed by atoms with Crippen LogP contribution in [-0.2, 0) is 16.9 Å². The van der Waals surface area contributed by atoms with Crippen molar-refractivity contribution in [3.8, 4) is 0 Å². The van der Waals surface area contributed by atoms with E-state index in [4.69, 9.17) is 0 Å². The topological polar surface area (TPSA) is 42.9 Å². The van der Waals surface area contributed by atoms with Gasteiger partial charge in [0, 0.05) is 12.4 Å². The van der Waals surface area contributed by atoms with Crippen LogP contribution in [0.1, 0.15) is 22.5 Å². The van der Waals surface area contributed by atoms with Crippen LogP contribution in [-0.4, -0.2) is 9.97 Å². The summed E-state index contributed by atoms with van der Waals surface area (Å²) in [6, 6.07) is 7.79. The monoisotopic (exact) mass is 259 g/mol. The van der Waals surface area contributed by atoms with Crippen molar-refractivity contribution in [1.82, 2.24) is 9.97 Å². The van der Waals surface area contributed by atoms with E-state index in [0.717, 1.165) is 22.5 Å². The number of aryl methyl sites for hydroxylation is 2. The first-order valence-corrected chi connectivity index (χ1v) is 7.53. The van der Waals surface area contributed by atoms with Crippen LogP contribution < -0.4 is 0 Å². The number of aromatic nitrogens is 2. The lowest BCUT2D eigenvalue weighted by molar-refractivity contribution is 0.585. The van der Waals surface area contributed by atoms with E-state index in [1.54, 1.807) is 12.4 Å². The summed E-state index contributed by atoms with van der Waals surface area (Å²) in [5.74, 6) is 0. The van der Waals surface area contributed by atoms with Gasteiger partial charge in [-0.05, 0) is 37.1 Å². The lowest BCUT2D eigenvalue weighted by Gasteiger charge is -1.99. The standard InChI is InChI=1S/C14H16N2OP/c1-11-5-3-7-15-13(11)9-18(17)10-14-12(2)6-4-8-16-14/h3-8H,9-10H2,1-2H3/q+1. The molecule has 2 aromatic heterocycles. The normalized spacial score (nSPS) is 10.3. The average Bonchev–Trinajstić information content (AvgIpc) is 2.35. The van der Waals surface area contributed by atoms with Gasteiger partial charge in [-0.1, -0.05) is 16.7 Å². The van der Waals surface area contributed by atoms with Crippen LogP contribution in [0.15, 0.2) is 36.7 Å². The molecule has 0 fully saturated rings. The summed E-state index contributed by atoms with van der Waals surface area (Å²) in [5, 5.41) is 0. The molecule has 0 atom stereocenters. The van der Waals surface area contributed by atoms with E-state index in [9.17, 15) is 4.57 Å². The molecule has 0 aromatic carbocycles. The quantitative estimate of drug-likeness (QED) is 0.787. The van der Waals surface area contributed by atoms with E-state index in [0.29, 0.717) is 12.3 Å². The van der Waals surface area contributed by atoms with E-state index in [1.165, 1.54) is 0 Å². The Labute approximate surface area is 108 Å². The van der Waals surface area contributed by atoms with Gasteiger partial charge in [0.25, 0.3) is 0 Å². The predicted molar refractivity (Wildman–Crippen MR) is 73.0 cm³/mol. The molecule has 0 aliphatic heterocycles. The van der Waals surface area contributed by atoms with Crippen molar-refractivity contribution in [2.75, 3.05) is 0 Å². The summed E-state index contributed by atoms with van der Waals surface area (Å²) >= 11 is 0. The molecule has 2 rings (SSSR count). The minimum atomic E-state index is -1.34. The molecule has 3 nitrogen and oxygen atoms in total. The second-order valence-electron chi connectivity index (χ2n) is 4.33. The second kappa shape index (κ2) is 5.83. The Hall–Kier alpha value is -1.60. The Balaban J connectivity index is 2.06. The molecule has 0 bridgehead atoms. The molecule has 0 unspecified atom stereocenters. The summed E-state index contributed by atoms with van der Waals surface area (Å²) < 4.78 is 12.2. The fourth-order valence-electron chi connectivity index (χ4n) is 1.76. The van der Waals surface area contributed by atoms with Crippen LogP contribution in [0.4, 0.5) is 0 Å². The van der Waals surface area contributed by atoms with E-state index in [1.807, 2.05) is 38.1 Å². The van der Waals surface area contributed by atoms with Crippen molar-refractivity contribution in [1.29, 1.82) is 0 Å². The SMILES string of the molecule is Cc1cccnc1C[P+](=O)Cc1ncccc1C. The molecular weight excluding hydrogens is 243 g/mol. The van der Waals surface area contributed by atoms with Crippen molar-refractivity contribution in [3.05, 3.63) is 59.2 Å². The van der Waals surface area contributed by atoms with E-state index in [-0.39, 0.29) is 0 Å². The van der Waals surface area contributed by atoms with Crippen molar-refractivity contribution < 1.29 is 4.57 Å². The molecule has 0 saturated carbocycles. The van der Waals surface area contributed by atoms with Crippen LogP contribution in [0, 0.1) is 13.8 Å². The van der Waals surface area contributed by atoms with Gasteiger partial charge in [-0.2, -0.15) is 0 Å².